The molecule has 0 aliphatic heterocycles. The minimum atomic E-state index is -5.35. The van der Waals surface area contributed by atoms with Crippen LogP contribution in [-0.2, 0) is 30.4 Å². The number of hydrogen-bond donors (Lipinski definition) is 5. The van der Waals surface area contributed by atoms with Gasteiger partial charge in [0.2, 0.25) is 0 Å². The van der Waals surface area contributed by atoms with Crippen molar-refractivity contribution in [3.8, 4) is 28.4 Å². The van der Waals surface area contributed by atoms with Crippen LogP contribution in [0.4, 0.5) is 56.9 Å². The maximum absolute atomic E-state index is 14.2. The van der Waals surface area contributed by atoms with Gasteiger partial charge in [0.15, 0.2) is 0 Å². The van der Waals surface area contributed by atoms with E-state index in [0.717, 1.165) is 18.2 Å². The summed E-state index contributed by atoms with van der Waals surface area (Å²) in [4.78, 5) is 7.95. The fraction of sp³-hybridized carbons (Fsp3) is 0. The Balaban J connectivity index is 0.00000312. The Morgan fingerprint density at radius 3 is 1.49 bits per heavy atom. The van der Waals surface area contributed by atoms with Gasteiger partial charge in [-0.1, -0.05) is 53.6 Å². The van der Waals surface area contributed by atoms with Crippen molar-refractivity contribution in [2.24, 2.45) is 40.9 Å². The second-order valence-corrected chi connectivity index (χ2v) is 19.4. The molecule has 0 aromatic heterocycles. The first-order chi connectivity index (χ1) is 33.9. The standard InChI is InChI=1S/C45H32N10O14S3.4Na/c46-26-6-13-35(34(47)18-26)52-51-29-11-5-24-16-38(71(64,65)66)41(43(57)32(24)19-29)55-53-36-21-31(70(61,62)63)15-25-17-39(72(67,68)69)42(44(58)40(25)36)54-49-28-9-3-23(4-10-28)22-1-7-27(8-2-22)48-50-30-12-14-37(56)33(20-30)45(59)60;;;;/h1-21,56-58H,46-47H2,(H,59,60)(H,61,62,63)(H,64,65,66)(H,67,68,69);;;;/q;4*+1/p-4. The van der Waals surface area contributed by atoms with E-state index in [1.54, 1.807) is 36.4 Å². The zero-order valence-corrected chi connectivity index (χ0v) is 50.4. The van der Waals surface area contributed by atoms with Gasteiger partial charge in [-0.05, 0) is 124 Å². The van der Waals surface area contributed by atoms with Gasteiger partial charge in [-0.25, -0.2) is 0 Å². The van der Waals surface area contributed by atoms with Gasteiger partial charge >= 0.3 is 118 Å². The summed E-state index contributed by atoms with van der Waals surface area (Å²) in [6.45, 7) is 0. The minimum absolute atomic E-state index is 0. The van der Waals surface area contributed by atoms with Crippen molar-refractivity contribution in [3.63, 3.8) is 0 Å². The molecule has 7 N–H and O–H groups in total. The number of carbonyl (C=O) groups is 1. The number of fused-ring (bicyclic) bond motifs is 2. The molecule has 31 heteroatoms. The maximum atomic E-state index is 14.2. The Bertz CT molecular complexity index is 4060. The summed E-state index contributed by atoms with van der Waals surface area (Å²) in [6, 6.07) is 26.9. The minimum Gasteiger partial charge on any atom is -0.872 e. The number of hydrogen-bond acceptors (Lipinski definition) is 21. The number of carboxylic acid groups (broad SMARTS) is 1. The first-order valence-electron chi connectivity index (χ1n) is 20.0. The summed E-state index contributed by atoms with van der Waals surface area (Å²) in [5.41, 5.74) is 10.8. The number of aromatic carboxylic acids is 1. The molecular weight excluding hydrogens is 1090 g/mol. The van der Waals surface area contributed by atoms with Crippen molar-refractivity contribution in [1.82, 2.24) is 0 Å². The number of nitrogen functional groups attached to an aromatic ring is 2. The van der Waals surface area contributed by atoms with Crippen LogP contribution in [0.25, 0.3) is 32.7 Å². The van der Waals surface area contributed by atoms with Crippen molar-refractivity contribution in [2.75, 3.05) is 11.5 Å². The smallest absolute Gasteiger partial charge is 0.872 e. The molecule has 0 saturated carbocycles. The third-order valence-electron chi connectivity index (χ3n) is 10.3. The summed E-state index contributed by atoms with van der Waals surface area (Å²) >= 11 is 0. The van der Waals surface area contributed by atoms with Crippen molar-refractivity contribution in [1.29, 1.82) is 0 Å². The van der Waals surface area contributed by atoms with E-state index in [1.807, 2.05) is 0 Å². The summed E-state index contributed by atoms with van der Waals surface area (Å²) in [7, 11) is -15.8. The molecule has 76 heavy (non-hydrogen) atoms. The number of nitrogens with two attached hydrogens (primary N) is 2. The van der Waals surface area contributed by atoms with E-state index < -0.39 is 102 Å². The fourth-order valence-corrected chi connectivity index (χ4v) is 8.74. The van der Waals surface area contributed by atoms with E-state index in [-0.39, 0.29) is 157 Å². The van der Waals surface area contributed by atoms with E-state index in [4.69, 9.17) is 11.5 Å². The van der Waals surface area contributed by atoms with Gasteiger partial charge in [0.1, 0.15) is 15.5 Å². The molecule has 0 atom stereocenters. The van der Waals surface area contributed by atoms with Crippen molar-refractivity contribution in [2.45, 2.75) is 14.7 Å². The van der Waals surface area contributed by atoms with E-state index >= 15 is 0 Å². The summed E-state index contributed by atoms with van der Waals surface area (Å²) in [5.74, 6) is -4.92. The SMILES string of the molecule is Nc1ccc(N=Nc2ccc3cc(S(=O)(=O)O)c(N=Nc4cc(S(=O)(=O)O)cc5cc(S(=O)(=O)O)c(N=Nc6ccc(-c7ccc(N=Nc8ccc([O-])c(C(=O)[O-])c8)cc7)cc6)c([O-])c45)c([O-])c3c2)c(N)c1.[Na+].[Na+].[Na+].[Na+]. The molecule has 0 aliphatic carbocycles. The third-order valence-corrected chi connectivity index (χ3v) is 12.9. The zero-order chi connectivity index (χ0) is 51.9. The molecule has 0 heterocycles. The summed E-state index contributed by atoms with van der Waals surface area (Å²) in [5, 5.41) is 81.0. The van der Waals surface area contributed by atoms with E-state index in [0.29, 0.717) is 40.7 Å². The number of benzene rings is 8. The first-order valence-corrected chi connectivity index (χ1v) is 24.3. The molecule has 8 aromatic rings. The van der Waals surface area contributed by atoms with Crippen LogP contribution in [0.1, 0.15) is 10.4 Å². The van der Waals surface area contributed by atoms with Crippen LogP contribution in [0.15, 0.2) is 183 Å². The average molecular weight is 1120 g/mol. The van der Waals surface area contributed by atoms with E-state index in [9.17, 15) is 64.1 Å². The van der Waals surface area contributed by atoms with Gasteiger partial charge < -0.3 is 36.7 Å². The van der Waals surface area contributed by atoms with Gasteiger partial charge in [-0.15, -0.1) is 20.5 Å². The number of anilines is 2. The Kier molecular flexibility index (Phi) is 21.3. The number of nitrogens with zero attached hydrogens (tertiary/aromatic N) is 8. The van der Waals surface area contributed by atoms with Gasteiger partial charge in [0.25, 0.3) is 30.4 Å². The second-order valence-electron chi connectivity index (χ2n) is 15.2. The Morgan fingerprint density at radius 1 is 0.461 bits per heavy atom. The van der Waals surface area contributed by atoms with Crippen molar-refractivity contribution >= 4 is 115 Å². The Hall–Kier alpha value is -5.12. The summed E-state index contributed by atoms with van der Waals surface area (Å²) < 4.78 is 106. The largest absolute Gasteiger partial charge is 1.00 e. The molecule has 0 aliphatic rings. The molecule has 24 nitrogen and oxygen atoms in total. The quantitative estimate of drug-likeness (QED) is 0.0316. The first kappa shape index (κ1) is 63.4. The molecule has 0 unspecified atom stereocenters. The average Bonchev–Trinajstić information content (AvgIpc) is 3.32. The molecule has 0 spiro atoms. The molecule has 364 valence electrons. The van der Waals surface area contributed by atoms with Crippen LogP contribution in [0.2, 0.25) is 0 Å². The molecule has 8 aromatic carbocycles. The number of carboxylic acids is 1. The van der Waals surface area contributed by atoms with Crippen LogP contribution >= 0.6 is 0 Å². The number of carbonyl (C=O) groups excluding carboxylic acids is 1. The predicted molar refractivity (Wildman–Crippen MR) is 250 cm³/mol. The number of rotatable bonds is 13. The molecule has 0 amide bonds. The molecule has 8 rings (SSSR count). The second kappa shape index (κ2) is 25.6. The van der Waals surface area contributed by atoms with Crippen LogP contribution in [-0.4, -0.2) is 44.9 Å². The van der Waals surface area contributed by atoms with Gasteiger partial charge in [0.05, 0.1) is 56.4 Å². The molecule has 0 fully saturated rings. The van der Waals surface area contributed by atoms with Gasteiger partial charge in [-0.2, -0.15) is 45.7 Å². The van der Waals surface area contributed by atoms with Crippen molar-refractivity contribution < 1.29 is 182 Å². The monoisotopic (exact) mass is 1120 g/mol. The van der Waals surface area contributed by atoms with Crippen LogP contribution in [0, 0.1) is 0 Å². The van der Waals surface area contributed by atoms with E-state index in [1.165, 1.54) is 54.6 Å². The summed E-state index contributed by atoms with van der Waals surface area (Å²) in [6.07, 6.45) is 0. The maximum Gasteiger partial charge on any atom is 1.00 e. The Morgan fingerprint density at radius 2 is 0.934 bits per heavy atom. The normalized spacial score (nSPS) is 11.9. The third kappa shape index (κ3) is 14.5. The molecule has 0 saturated heterocycles. The zero-order valence-electron chi connectivity index (χ0n) is 39.9. The van der Waals surface area contributed by atoms with Crippen LogP contribution < -0.4 is 150 Å². The molecular formula is C45H28N10Na4O14S3. The van der Waals surface area contributed by atoms with Crippen molar-refractivity contribution in [3.05, 3.63) is 133 Å². The van der Waals surface area contributed by atoms with Gasteiger partial charge in [0, 0.05) is 11.1 Å². The fourth-order valence-electron chi connectivity index (χ4n) is 6.90. The Labute approximate surface area is 519 Å². The van der Waals surface area contributed by atoms with Crippen LogP contribution in [0.3, 0.4) is 0 Å². The van der Waals surface area contributed by atoms with Crippen LogP contribution in [0.5, 0.6) is 17.2 Å². The molecule has 0 bridgehead atoms. The molecule has 0 radical (unpaired) electrons. The van der Waals surface area contributed by atoms with Gasteiger partial charge in [-0.3, -0.25) is 13.7 Å². The number of azo groups is 4. The topological polar surface area (TPSA) is 423 Å². The predicted octanol–water partition coefficient (Wildman–Crippen LogP) is -4.17. The van der Waals surface area contributed by atoms with E-state index in [2.05, 4.69) is 40.9 Å².